The van der Waals surface area contributed by atoms with E-state index in [-0.39, 0.29) is 27.9 Å². The number of aromatic hydroxyl groups is 1. The molecule has 0 unspecified atom stereocenters. The molecule has 7 nitrogen and oxygen atoms in total. The number of imidazole rings is 1. The normalized spacial score (nSPS) is 11.7. The highest BCUT2D eigenvalue weighted by Crippen LogP contribution is 2.31. The summed E-state index contributed by atoms with van der Waals surface area (Å²) >= 11 is 1.16. The number of sulfone groups is 1. The lowest BCUT2D eigenvalue weighted by molar-refractivity contribution is 0.102. The highest BCUT2D eigenvalue weighted by Gasteiger charge is 2.20. The van der Waals surface area contributed by atoms with E-state index in [2.05, 4.69) is 10.3 Å². The minimum atomic E-state index is -3.49. The zero-order valence-electron chi connectivity index (χ0n) is 16.6. The SMILES string of the molecule is CCS(=O)(=O)c1ccc(O)c(NC(=O)c2sc3nc(-c4ccc(F)cc4)cn3c2C)c1. The van der Waals surface area contributed by atoms with Gasteiger partial charge in [-0.1, -0.05) is 18.3 Å². The van der Waals surface area contributed by atoms with E-state index in [1.54, 1.807) is 29.7 Å². The van der Waals surface area contributed by atoms with Crippen LogP contribution in [-0.2, 0) is 9.84 Å². The molecule has 1 amide bonds. The van der Waals surface area contributed by atoms with Gasteiger partial charge in [-0.05, 0) is 49.4 Å². The lowest BCUT2D eigenvalue weighted by Crippen LogP contribution is -2.13. The largest absolute Gasteiger partial charge is 0.506 e. The molecule has 0 fully saturated rings. The molecule has 2 heterocycles. The fraction of sp³-hybridized carbons (Fsp3) is 0.143. The monoisotopic (exact) mass is 459 g/mol. The second kappa shape index (κ2) is 7.78. The number of phenols is 1. The number of nitrogens with zero attached hydrogens (tertiary/aromatic N) is 2. The van der Waals surface area contributed by atoms with Crippen LogP contribution in [0.2, 0.25) is 0 Å². The van der Waals surface area contributed by atoms with Crippen LogP contribution in [0.1, 0.15) is 22.3 Å². The third kappa shape index (κ3) is 3.91. The van der Waals surface area contributed by atoms with Crippen molar-refractivity contribution >= 4 is 37.7 Å². The number of fused-ring (bicyclic) bond motifs is 1. The van der Waals surface area contributed by atoms with Crippen LogP contribution in [0.25, 0.3) is 16.2 Å². The Morgan fingerprint density at radius 3 is 2.58 bits per heavy atom. The van der Waals surface area contributed by atoms with E-state index in [0.29, 0.717) is 21.2 Å². The van der Waals surface area contributed by atoms with Gasteiger partial charge in [-0.15, -0.1) is 0 Å². The summed E-state index contributed by atoms with van der Waals surface area (Å²) in [6.45, 7) is 3.28. The molecule has 2 aromatic carbocycles. The summed E-state index contributed by atoms with van der Waals surface area (Å²) in [5.41, 5.74) is 2.05. The molecule has 0 atom stereocenters. The number of phenolic OH excluding ortho intramolecular Hbond substituents is 1. The van der Waals surface area contributed by atoms with Gasteiger partial charge >= 0.3 is 0 Å². The summed E-state index contributed by atoms with van der Waals surface area (Å²) in [5, 5.41) is 12.7. The van der Waals surface area contributed by atoms with E-state index < -0.39 is 15.7 Å². The Morgan fingerprint density at radius 1 is 1.23 bits per heavy atom. The third-order valence-corrected chi connectivity index (χ3v) is 7.75. The van der Waals surface area contributed by atoms with Crippen molar-refractivity contribution in [3.8, 4) is 17.0 Å². The van der Waals surface area contributed by atoms with Crippen molar-refractivity contribution in [2.45, 2.75) is 18.7 Å². The lowest BCUT2D eigenvalue weighted by atomic mass is 10.2. The second-order valence-corrected chi connectivity index (χ2v) is 10.1. The Morgan fingerprint density at radius 2 is 1.94 bits per heavy atom. The number of anilines is 1. The summed E-state index contributed by atoms with van der Waals surface area (Å²) in [5.74, 6) is -1.15. The van der Waals surface area contributed by atoms with E-state index in [1.807, 2.05) is 0 Å². The van der Waals surface area contributed by atoms with Gasteiger partial charge in [0.2, 0.25) is 0 Å². The number of aryl methyl sites for hydroxylation is 1. The standard InChI is InChI=1S/C21H18FN3O4S2/c1-3-31(28,29)15-8-9-18(26)16(10-15)23-20(27)19-12(2)25-11-17(24-21(25)30-19)13-4-6-14(22)7-5-13/h4-11,26H,3H2,1-2H3,(H,23,27). The van der Waals surface area contributed by atoms with Crippen LogP contribution in [0, 0.1) is 12.7 Å². The minimum absolute atomic E-state index is 0.0111. The maximum Gasteiger partial charge on any atom is 0.267 e. The summed E-state index contributed by atoms with van der Waals surface area (Å²) < 4.78 is 39.1. The number of benzene rings is 2. The van der Waals surface area contributed by atoms with Crippen molar-refractivity contribution in [2.75, 3.05) is 11.1 Å². The molecule has 4 aromatic rings. The highest BCUT2D eigenvalue weighted by atomic mass is 32.2. The van der Waals surface area contributed by atoms with Crippen LogP contribution < -0.4 is 5.32 Å². The van der Waals surface area contributed by atoms with Crippen LogP contribution in [0.4, 0.5) is 10.1 Å². The first kappa shape index (κ1) is 21.0. The number of halogens is 1. The third-order valence-electron chi connectivity index (χ3n) is 4.86. The van der Waals surface area contributed by atoms with E-state index in [4.69, 9.17) is 0 Å². The van der Waals surface area contributed by atoms with Gasteiger partial charge in [0, 0.05) is 17.5 Å². The molecular weight excluding hydrogens is 441 g/mol. The second-order valence-electron chi connectivity index (χ2n) is 6.84. The van der Waals surface area contributed by atoms with Crippen molar-refractivity contribution in [1.82, 2.24) is 9.38 Å². The van der Waals surface area contributed by atoms with Crippen LogP contribution in [0.15, 0.2) is 53.6 Å². The number of amides is 1. The summed E-state index contributed by atoms with van der Waals surface area (Å²) in [4.78, 5) is 18.3. The Kier molecular flexibility index (Phi) is 5.28. The number of aromatic nitrogens is 2. The predicted octanol–water partition coefficient (Wildman–Crippen LogP) is 4.26. The minimum Gasteiger partial charge on any atom is -0.506 e. The quantitative estimate of drug-likeness (QED) is 0.434. The Hall–Kier alpha value is -3.24. The van der Waals surface area contributed by atoms with Gasteiger partial charge < -0.3 is 10.4 Å². The van der Waals surface area contributed by atoms with E-state index in [0.717, 1.165) is 16.9 Å². The Bertz CT molecular complexity index is 1410. The van der Waals surface area contributed by atoms with Crippen LogP contribution in [0.3, 0.4) is 0 Å². The topological polar surface area (TPSA) is 101 Å². The average Bonchev–Trinajstić information content (AvgIpc) is 3.29. The van der Waals surface area contributed by atoms with Crippen molar-refractivity contribution in [3.63, 3.8) is 0 Å². The van der Waals surface area contributed by atoms with Crippen molar-refractivity contribution in [3.05, 3.63) is 65.0 Å². The molecule has 0 bridgehead atoms. The smallest absolute Gasteiger partial charge is 0.267 e. The maximum absolute atomic E-state index is 13.2. The number of rotatable bonds is 5. The molecule has 0 saturated carbocycles. The van der Waals surface area contributed by atoms with Crippen molar-refractivity contribution < 1.29 is 22.7 Å². The average molecular weight is 460 g/mol. The maximum atomic E-state index is 13.2. The molecule has 2 N–H and O–H groups in total. The van der Waals surface area contributed by atoms with E-state index >= 15 is 0 Å². The summed E-state index contributed by atoms with van der Waals surface area (Å²) in [6.07, 6.45) is 1.76. The zero-order valence-corrected chi connectivity index (χ0v) is 18.2. The highest BCUT2D eigenvalue weighted by molar-refractivity contribution is 7.91. The number of hydrogen-bond acceptors (Lipinski definition) is 6. The first-order valence-electron chi connectivity index (χ1n) is 9.31. The molecule has 31 heavy (non-hydrogen) atoms. The first-order chi connectivity index (χ1) is 14.7. The van der Waals surface area contributed by atoms with Crippen molar-refractivity contribution in [2.24, 2.45) is 0 Å². The fourth-order valence-electron chi connectivity index (χ4n) is 3.07. The summed E-state index contributed by atoms with van der Waals surface area (Å²) in [6, 6.07) is 9.75. The predicted molar refractivity (Wildman–Crippen MR) is 117 cm³/mol. The van der Waals surface area contributed by atoms with E-state index in [1.165, 1.54) is 37.3 Å². The summed E-state index contributed by atoms with van der Waals surface area (Å²) in [7, 11) is -3.49. The molecule has 4 rings (SSSR count). The van der Waals surface area contributed by atoms with E-state index in [9.17, 15) is 22.7 Å². The van der Waals surface area contributed by atoms with Gasteiger partial charge in [0.25, 0.3) is 5.91 Å². The molecule has 0 radical (unpaired) electrons. The molecule has 2 aromatic heterocycles. The van der Waals surface area contributed by atoms with Gasteiger partial charge in [0.05, 0.1) is 22.0 Å². The van der Waals surface area contributed by atoms with Crippen LogP contribution in [-0.4, -0.2) is 34.6 Å². The van der Waals surface area contributed by atoms with Crippen LogP contribution >= 0.6 is 11.3 Å². The molecule has 0 aliphatic carbocycles. The molecule has 10 heteroatoms. The molecule has 0 aliphatic rings. The van der Waals surface area contributed by atoms with Crippen LogP contribution in [0.5, 0.6) is 5.75 Å². The first-order valence-corrected chi connectivity index (χ1v) is 11.8. The molecule has 160 valence electrons. The zero-order chi connectivity index (χ0) is 22.3. The van der Waals surface area contributed by atoms with Gasteiger partial charge in [0.15, 0.2) is 14.8 Å². The van der Waals surface area contributed by atoms with Gasteiger partial charge in [-0.3, -0.25) is 9.20 Å². The molecule has 0 spiro atoms. The number of carbonyl (C=O) groups is 1. The van der Waals surface area contributed by atoms with Gasteiger partial charge in [-0.2, -0.15) is 0 Å². The van der Waals surface area contributed by atoms with Gasteiger partial charge in [-0.25, -0.2) is 17.8 Å². The lowest BCUT2D eigenvalue weighted by Gasteiger charge is -2.09. The molecule has 0 saturated heterocycles. The number of hydrogen-bond donors (Lipinski definition) is 2. The number of carbonyl (C=O) groups excluding carboxylic acids is 1. The molecular formula is C21H18FN3O4S2. The van der Waals surface area contributed by atoms with Gasteiger partial charge in [0.1, 0.15) is 16.4 Å². The number of thiazole rings is 1. The molecule has 0 aliphatic heterocycles. The number of nitrogens with one attached hydrogen (secondary N) is 1. The Balaban J connectivity index is 1.64. The fourth-order valence-corrected chi connectivity index (χ4v) is 4.99. The van der Waals surface area contributed by atoms with Crippen molar-refractivity contribution in [1.29, 1.82) is 0 Å². The Labute approximate surface area is 181 Å².